The fourth-order valence-electron chi connectivity index (χ4n) is 5.55. The third-order valence-corrected chi connectivity index (χ3v) is 6.82. The lowest BCUT2D eigenvalue weighted by atomic mass is 9.84. The standard InChI is InChI=1S/C28H14N8/c1-11-7-13(3)19-21-17(11)23-24(34-16(10-30)15(9-29)33-23)18-12(2)8-14(4)20(22(18)21)26-25(19)35-27(31-5)28(32-6)36-26/h7-8H,1-4H3. The van der Waals surface area contributed by atoms with E-state index in [0.29, 0.717) is 22.1 Å². The maximum atomic E-state index is 9.67. The number of benzene rings is 4. The summed E-state index contributed by atoms with van der Waals surface area (Å²) >= 11 is 0. The van der Waals surface area contributed by atoms with E-state index in [0.717, 1.165) is 54.6 Å². The maximum Gasteiger partial charge on any atom is 0.294 e. The highest BCUT2D eigenvalue weighted by molar-refractivity contribution is 6.40. The number of nitrogens with zero attached hydrogens (tertiary/aromatic N) is 8. The van der Waals surface area contributed by atoms with E-state index in [1.165, 1.54) is 0 Å². The van der Waals surface area contributed by atoms with Crippen molar-refractivity contribution in [2.45, 2.75) is 27.7 Å². The molecule has 4 aromatic carbocycles. The highest BCUT2D eigenvalue weighted by Crippen LogP contribution is 2.48. The first-order chi connectivity index (χ1) is 17.3. The topological polar surface area (TPSA) is 108 Å². The van der Waals surface area contributed by atoms with E-state index in [2.05, 4.69) is 29.6 Å². The predicted molar refractivity (Wildman–Crippen MR) is 137 cm³/mol. The van der Waals surface area contributed by atoms with Crippen molar-refractivity contribution >= 4 is 66.0 Å². The average molecular weight is 462 g/mol. The van der Waals surface area contributed by atoms with Crippen molar-refractivity contribution in [2.24, 2.45) is 0 Å². The molecule has 2 heterocycles. The minimum Gasteiger partial charge on any atom is -0.370 e. The van der Waals surface area contributed by atoms with Gasteiger partial charge in [-0.25, -0.2) is 9.97 Å². The second kappa shape index (κ2) is 7.03. The van der Waals surface area contributed by atoms with Crippen LogP contribution in [0.3, 0.4) is 0 Å². The summed E-state index contributed by atoms with van der Waals surface area (Å²) in [5, 5.41) is 24.5. The van der Waals surface area contributed by atoms with Crippen molar-refractivity contribution in [1.82, 2.24) is 19.9 Å². The molecule has 0 aliphatic heterocycles. The Kier molecular flexibility index (Phi) is 4.12. The van der Waals surface area contributed by atoms with Gasteiger partial charge in [0.25, 0.3) is 11.6 Å². The van der Waals surface area contributed by atoms with Gasteiger partial charge in [-0.1, -0.05) is 25.3 Å². The molecule has 0 atom stereocenters. The Morgan fingerprint density at radius 1 is 0.556 bits per heavy atom. The molecule has 166 valence electrons. The molecule has 0 fully saturated rings. The minimum atomic E-state index is -0.0349. The largest absolute Gasteiger partial charge is 0.370 e. The highest BCUT2D eigenvalue weighted by atomic mass is 15.0. The van der Waals surface area contributed by atoms with Gasteiger partial charge in [0.1, 0.15) is 12.1 Å². The van der Waals surface area contributed by atoms with Crippen LogP contribution >= 0.6 is 0 Å². The third kappa shape index (κ3) is 2.43. The van der Waals surface area contributed by atoms with E-state index in [1.807, 2.05) is 52.0 Å². The monoisotopic (exact) mass is 462 g/mol. The Morgan fingerprint density at radius 3 is 1.14 bits per heavy atom. The van der Waals surface area contributed by atoms with Crippen molar-refractivity contribution in [1.29, 1.82) is 10.5 Å². The van der Waals surface area contributed by atoms with Crippen molar-refractivity contribution in [2.75, 3.05) is 0 Å². The van der Waals surface area contributed by atoms with Crippen molar-refractivity contribution < 1.29 is 0 Å². The molecule has 0 saturated carbocycles. The van der Waals surface area contributed by atoms with Gasteiger partial charge < -0.3 is 9.69 Å². The number of aromatic nitrogens is 4. The molecule has 0 N–H and O–H groups in total. The summed E-state index contributed by atoms with van der Waals surface area (Å²) < 4.78 is 0. The van der Waals surface area contributed by atoms with Crippen LogP contribution in [0.25, 0.3) is 64.1 Å². The summed E-state index contributed by atoms with van der Waals surface area (Å²) in [6.45, 7) is 23.1. The number of hydrogen-bond acceptors (Lipinski definition) is 6. The molecule has 8 heteroatoms. The van der Waals surface area contributed by atoms with Gasteiger partial charge in [-0.2, -0.15) is 10.5 Å². The Balaban J connectivity index is 2.12. The Morgan fingerprint density at radius 2 is 0.861 bits per heavy atom. The molecule has 0 bridgehead atoms. The summed E-state index contributed by atoms with van der Waals surface area (Å²) in [5.74, 6) is -0.0697. The van der Waals surface area contributed by atoms with Crippen LogP contribution in [0.4, 0.5) is 11.6 Å². The second-order valence-electron chi connectivity index (χ2n) is 8.90. The van der Waals surface area contributed by atoms with Crippen molar-refractivity contribution in [3.8, 4) is 12.1 Å². The van der Waals surface area contributed by atoms with Crippen LogP contribution in [0.1, 0.15) is 33.6 Å². The number of aryl methyl sites for hydroxylation is 4. The third-order valence-electron chi connectivity index (χ3n) is 6.82. The summed E-state index contributed by atoms with van der Waals surface area (Å²) in [5.41, 5.74) is 5.96. The second-order valence-corrected chi connectivity index (χ2v) is 8.90. The van der Waals surface area contributed by atoms with E-state index in [-0.39, 0.29) is 23.0 Å². The van der Waals surface area contributed by atoms with Crippen LogP contribution < -0.4 is 0 Å². The van der Waals surface area contributed by atoms with E-state index in [9.17, 15) is 10.5 Å². The fraction of sp³-hybridized carbons (Fsp3) is 0.143. The molecule has 6 rings (SSSR count). The van der Waals surface area contributed by atoms with Gasteiger partial charge in [-0.15, -0.1) is 9.97 Å². The minimum absolute atomic E-state index is 0.0218. The van der Waals surface area contributed by atoms with E-state index < -0.39 is 0 Å². The first-order valence-electron chi connectivity index (χ1n) is 11.0. The lowest BCUT2D eigenvalue weighted by Crippen LogP contribution is -2.02. The zero-order chi connectivity index (χ0) is 25.5. The number of nitriles is 2. The molecule has 6 aromatic rings. The molecular weight excluding hydrogens is 448 g/mol. The highest BCUT2D eigenvalue weighted by Gasteiger charge is 2.28. The summed E-state index contributed by atoms with van der Waals surface area (Å²) in [4.78, 5) is 25.5. The first kappa shape index (κ1) is 21.1. The van der Waals surface area contributed by atoms with Gasteiger partial charge in [-0.3, -0.25) is 0 Å². The fourth-order valence-corrected chi connectivity index (χ4v) is 5.55. The van der Waals surface area contributed by atoms with Gasteiger partial charge in [-0.05, 0) is 49.9 Å². The summed E-state index contributed by atoms with van der Waals surface area (Å²) in [6, 6.07) is 8.06. The van der Waals surface area contributed by atoms with Crippen molar-refractivity contribution in [3.05, 3.63) is 68.6 Å². The quantitative estimate of drug-likeness (QED) is 0.144. The first-order valence-corrected chi connectivity index (χ1v) is 11.0. The number of hydrogen-bond donors (Lipinski definition) is 0. The smallest absolute Gasteiger partial charge is 0.294 e. The molecule has 36 heavy (non-hydrogen) atoms. The molecule has 0 saturated heterocycles. The van der Waals surface area contributed by atoms with Crippen molar-refractivity contribution in [3.63, 3.8) is 0 Å². The molecule has 0 radical (unpaired) electrons. The molecule has 0 aliphatic rings. The molecule has 2 aromatic heterocycles. The number of rotatable bonds is 0. The summed E-state index contributed by atoms with van der Waals surface area (Å²) in [6.07, 6.45) is 0. The molecule has 0 spiro atoms. The molecule has 0 aliphatic carbocycles. The SMILES string of the molecule is [C-]#[N+]c1nc2c(nc1[N+]#[C-])c1c(C)cc(C)c3c4nc(C#N)c(C#N)nc4c4c(C)cc(C)c2c4c31. The van der Waals surface area contributed by atoms with Gasteiger partial charge in [0.05, 0.1) is 11.0 Å². The van der Waals surface area contributed by atoms with E-state index in [1.54, 1.807) is 0 Å². The lowest BCUT2D eigenvalue weighted by Gasteiger charge is -2.19. The predicted octanol–water partition coefficient (Wildman–Crippen LogP) is 6.55. The Bertz CT molecular complexity index is 1880. The zero-order valence-corrected chi connectivity index (χ0v) is 19.7. The lowest BCUT2D eigenvalue weighted by molar-refractivity contribution is 1.21. The van der Waals surface area contributed by atoms with Gasteiger partial charge in [0.15, 0.2) is 11.4 Å². The Labute approximate surface area is 205 Å². The maximum absolute atomic E-state index is 9.67. The van der Waals surface area contributed by atoms with Gasteiger partial charge in [0.2, 0.25) is 11.0 Å². The molecular formula is C28H14N8. The Hall–Kier alpha value is -5.44. The summed E-state index contributed by atoms with van der Waals surface area (Å²) in [7, 11) is 0. The van der Waals surface area contributed by atoms with Crippen LogP contribution in [0, 0.1) is 63.5 Å². The van der Waals surface area contributed by atoms with Crippen LogP contribution in [-0.2, 0) is 0 Å². The normalized spacial score (nSPS) is 11.2. The van der Waals surface area contributed by atoms with Crippen LogP contribution in [0.5, 0.6) is 0 Å². The van der Waals surface area contributed by atoms with E-state index >= 15 is 0 Å². The van der Waals surface area contributed by atoms with E-state index in [4.69, 9.17) is 13.1 Å². The van der Waals surface area contributed by atoms with Crippen LogP contribution in [0.2, 0.25) is 0 Å². The zero-order valence-electron chi connectivity index (χ0n) is 19.7. The molecule has 8 nitrogen and oxygen atoms in total. The van der Waals surface area contributed by atoms with Crippen LogP contribution in [-0.4, -0.2) is 19.9 Å². The molecule has 0 amide bonds. The van der Waals surface area contributed by atoms with Gasteiger partial charge >= 0.3 is 0 Å². The van der Waals surface area contributed by atoms with Crippen LogP contribution in [0.15, 0.2) is 12.1 Å². The number of fused-ring (bicyclic) bond motifs is 6. The average Bonchev–Trinajstić information content (AvgIpc) is 2.87. The van der Waals surface area contributed by atoms with Gasteiger partial charge in [0, 0.05) is 32.3 Å². The molecule has 0 unspecified atom stereocenters.